The molecular weight excluding hydrogens is 709 g/mol. The molecule has 0 fully saturated rings. The fourth-order valence-corrected chi connectivity index (χ4v) is 7.43. The molecule has 0 unspecified atom stereocenters. The van der Waals surface area contributed by atoms with Gasteiger partial charge >= 0.3 is 0 Å². The molecule has 0 radical (unpaired) electrons. The molecule has 0 spiro atoms. The van der Waals surface area contributed by atoms with Crippen molar-refractivity contribution < 1.29 is 38.9 Å². The van der Waals surface area contributed by atoms with E-state index < -0.39 is 30.4 Å². The van der Waals surface area contributed by atoms with Gasteiger partial charge in [0, 0.05) is 0 Å². The summed E-state index contributed by atoms with van der Waals surface area (Å²) >= 11 is 0. The summed E-state index contributed by atoms with van der Waals surface area (Å²) in [5, 5.41) is 0. The molecule has 3 aromatic rings. The summed E-state index contributed by atoms with van der Waals surface area (Å²) < 4.78 is 92.7. The van der Waals surface area contributed by atoms with Crippen molar-refractivity contribution >= 4 is 30.4 Å². The maximum Gasteiger partial charge on any atom is 0.294 e. The number of unbranched alkanes of at least 4 members (excludes halogenated alkanes) is 9. The Kier molecular flexibility index (Phi) is 21.1. The van der Waals surface area contributed by atoms with Crippen molar-refractivity contribution in [2.75, 3.05) is 0 Å². The molecule has 12 heteroatoms. The Balaban J connectivity index is 0.000000397. The van der Waals surface area contributed by atoms with Gasteiger partial charge in [-0.3, -0.25) is 13.7 Å². The predicted octanol–water partition coefficient (Wildman–Crippen LogP) is 10.1. The molecule has 0 aliphatic rings. The minimum atomic E-state index is -4.11. The molecule has 0 saturated carbocycles. The fourth-order valence-electron chi connectivity index (χ4n) is 5.59. The van der Waals surface area contributed by atoms with Crippen molar-refractivity contribution in [2.24, 2.45) is 0 Å². The Morgan fingerprint density at radius 3 is 1.33 bits per heavy atom. The summed E-state index contributed by atoms with van der Waals surface area (Å²) in [6.07, 6.45) is 16.3. The van der Waals surface area contributed by atoms with Gasteiger partial charge in [0.1, 0.15) is 0 Å². The smallest absolute Gasteiger partial charge is 0.282 e. The van der Waals surface area contributed by atoms with Crippen molar-refractivity contribution in [1.82, 2.24) is 0 Å². The van der Waals surface area contributed by atoms with Crippen LogP contribution in [0.25, 0.3) is 0 Å². The van der Waals surface area contributed by atoms with Crippen LogP contribution < -0.4 is 0 Å². The quantitative estimate of drug-likeness (QED) is 0.0844. The van der Waals surface area contributed by atoms with Gasteiger partial charge in [-0.25, -0.2) is 0 Å². The third-order valence-electron chi connectivity index (χ3n) is 8.67. The van der Waals surface area contributed by atoms with Crippen LogP contribution in [0.1, 0.15) is 139 Å². The molecule has 0 aliphatic carbocycles. The van der Waals surface area contributed by atoms with Crippen LogP contribution >= 0.6 is 0 Å². The largest absolute Gasteiger partial charge is 0.294 e. The number of rotatable bonds is 18. The highest BCUT2D eigenvalue weighted by Crippen LogP contribution is 2.24. The van der Waals surface area contributed by atoms with E-state index in [2.05, 4.69) is 6.92 Å². The molecule has 0 saturated heterocycles. The molecule has 51 heavy (non-hydrogen) atoms. The first-order valence-corrected chi connectivity index (χ1v) is 22.5. The van der Waals surface area contributed by atoms with Crippen LogP contribution in [0.4, 0.5) is 0 Å². The average molecular weight is 769 g/mol. The molecule has 0 heterocycles. The van der Waals surface area contributed by atoms with Crippen molar-refractivity contribution in [1.29, 1.82) is 0 Å². The lowest BCUT2D eigenvalue weighted by atomic mass is 9.99. The van der Waals surface area contributed by atoms with Gasteiger partial charge in [0.15, 0.2) is 0 Å². The van der Waals surface area contributed by atoms with E-state index in [1.807, 2.05) is 40.7 Å². The Morgan fingerprint density at radius 1 is 0.510 bits per heavy atom. The molecule has 0 aliphatic heterocycles. The van der Waals surface area contributed by atoms with Crippen LogP contribution in [-0.2, 0) is 56.0 Å². The summed E-state index contributed by atoms with van der Waals surface area (Å²) in [6, 6.07) is 16.3. The molecule has 3 N–H and O–H groups in total. The lowest BCUT2D eigenvalue weighted by molar-refractivity contribution is 0.480. The average Bonchev–Trinajstić information content (AvgIpc) is 3.08. The predicted molar refractivity (Wildman–Crippen MR) is 207 cm³/mol. The first-order valence-electron chi connectivity index (χ1n) is 18.1. The van der Waals surface area contributed by atoms with Crippen LogP contribution in [0.3, 0.4) is 0 Å². The third-order valence-corrected chi connectivity index (χ3v) is 11.3. The van der Waals surface area contributed by atoms with E-state index >= 15 is 0 Å². The van der Waals surface area contributed by atoms with E-state index in [0.717, 1.165) is 53.5 Å². The molecule has 0 amide bonds. The normalized spacial score (nSPS) is 11.8. The first kappa shape index (κ1) is 46.4. The van der Waals surface area contributed by atoms with Gasteiger partial charge < -0.3 is 0 Å². The van der Waals surface area contributed by atoms with Crippen molar-refractivity contribution in [3.05, 3.63) is 88.5 Å². The summed E-state index contributed by atoms with van der Waals surface area (Å²) in [5.41, 5.74) is 4.87. The molecule has 3 aromatic carbocycles. The summed E-state index contributed by atoms with van der Waals surface area (Å²) in [7, 11) is -12.2. The lowest BCUT2D eigenvalue weighted by Gasteiger charge is -2.12. The number of benzene rings is 3. The van der Waals surface area contributed by atoms with Crippen molar-refractivity contribution in [3.63, 3.8) is 0 Å². The maximum absolute atomic E-state index is 11.3. The maximum atomic E-state index is 11.3. The summed E-state index contributed by atoms with van der Waals surface area (Å²) in [6.45, 7) is 12.1. The van der Waals surface area contributed by atoms with E-state index in [0.29, 0.717) is 12.3 Å². The SMILES string of the molecule is CC(C)c1ccc(S(=O)(=O)O)cc1.CCCCCCCCCCCCc1ccc(S(=O)(=O)O)cc1.CCc1cc(CC)c(CC)c(S(=O)(=O)O)c1. The van der Waals surface area contributed by atoms with Gasteiger partial charge in [0.05, 0.1) is 14.7 Å². The van der Waals surface area contributed by atoms with E-state index in [4.69, 9.17) is 9.11 Å². The highest BCUT2D eigenvalue weighted by atomic mass is 32.2. The van der Waals surface area contributed by atoms with E-state index in [-0.39, 0.29) is 14.7 Å². The Labute approximate surface area is 308 Å². The van der Waals surface area contributed by atoms with Gasteiger partial charge in [-0.15, -0.1) is 0 Å². The van der Waals surface area contributed by atoms with E-state index in [1.165, 1.54) is 82.1 Å². The zero-order chi connectivity index (χ0) is 38.7. The highest BCUT2D eigenvalue weighted by molar-refractivity contribution is 7.86. The topological polar surface area (TPSA) is 163 Å². The second-order valence-electron chi connectivity index (χ2n) is 13.0. The number of hydrogen-bond donors (Lipinski definition) is 3. The van der Waals surface area contributed by atoms with Gasteiger partial charge in [-0.05, 0) is 96.2 Å². The molecule has 288 valence electrons. The van der Waals surface area contributed by atoms with Crippen LogP contribution in [0.2, 0.25) is 0 Å². The summed E-state index contributed by atoms with van der Waals surface area (Å²) in [5.74, 6) is 0.357. The standard InChI is InChI=1S/C18H30O3S.C12H18O3S.C9H12O3S/c1-2-3-4-5-6-7-8-9-10-11-12-17-13-15-18(16-14-17)22(19,20)21;1-4-9-7-10(5-2)11(6-3)12(8-9)16(13,14)15;1-7(2)8-3-5-9(6-4-8)13(10,11)12/h13-16H,2-12H2,1H3,(H,19,20,21);7-8H,4-6H2,1-3H3,(H,13,14,15);3-7H,1-2H3,(H,10,11,12). The molecule has 0 bridgehead atoms. The molecule has 0 atom stereocenters. The zero-order valence-corrected chi connectivity index (χ0v) is 33.7. The molecule has 9 nitrogen and oxygen atoms in total. The highest BCUT2D eigenvalue weighted by Gasteiger charge is 2.18. The number of aryl methyl sites for hydroxylation is 3. The number of hydrogen-bond acceptors (Lipinski definition) is 6. The van der Waals surface area contributed by atoms with Crippen molar-refractivity contribution in [2.45, 2.75) is 152 Å². The minimum absolute atomic E-state index is 0.0284. The van der Waals surface area contributed by atoms with E-state index in [9.17, 15) is 29.8 Å². The van der Waals surface area contributed by atoms with Crippen molar-refractivity contribution in [3.8, 4) is 0 Å². The van der Waals surface area contributed by atoms with Gasteiger partial charge in [0.2, 0.25) is 0 Å². The fraction of sp³-hybridized carbons (Fsp3) is 0.538. The second-order valence-corrected chi connectivity index (χ2v) is 17.3. The molecular formula is C39H60O9S3. The monoisotopic (exact) mass is 768 g/mol. The Morgan fingerprint density at radius 2 is 0.961 bits per heavy atom. The zero-order valence-electron chi connectivity index (χ0n) is 31.3. The van der Waals surface area contributed by atoms with Crippen LogP contribution in [-0.4, -0.2) is 38.9 Å². The van der Waals surface area contributed by atoms with Gasteiger partial charge in [-0.1, -0.05) is 130 Å². The van der Waals surface area contributed by atoms with Gasteiger partial charge in [-0.2, -0.15) is 25.3 Å². The molecule has 0 aromatic heterocycles. The molecule has 3 rings (SSSR count). The van der Waals surface area contributed by atoms with Gasteiger partial charge in [0.25, 0.3) is 30.4 Å². The third kappa shape index (κ3) is 18.1. The van der Waals surface area contributed by atoms with Crippen LogP contribution in [0, 0.1) is 0 Å². The Hall–Kier alpha value is -2.61. The Bertz CT molecular complexity index is 1760. The van der Waals surface area contributed by atoms with E-state index in [1.54, 1.807) is 30.3 Å². The second kappa shape index (κ2) is 23.1. The van der Waals surface area contributed by atoms with Crippen LogP contribution in [0.15, 0.2) is 75.4 Å². The van der Waals surface area contributed by atoms with Crippen LogP contribution in [0.5, 0.6) is 0 Å². The summed E-state index contributed by atoms with van der Waals surface area (Å²) in [4.78, 5) is -0.0116. The minimum Gasteiger partial charge on any atom is -0.282 e. The first-order chi connectivity index (χ1) is 23.9. The lowest BCUT2D eigenvalue weighted by Crippen LogP contribution is -2.07.